The molecule has 1 heterocycles. The van der Waals surface area contributed by atoms with Gasteiger partial charge in [-0.15, -0.1) is 6.58 Å². The minimum atomic E-state index is -0.848. The van der Waals surface area contributed by atoms with E-state index in [2.05, 4.69) is 6.58 Å². The van der Waals surface area contributed by atoms with Crippen LogP contribution in [-0.2, 0) is 14.3 Å². The number of carbonyl (C=O) groups excluding carboxylic acids is 1. The molecule has 14 heavy (non-hydrogen) atoms. The first-order chi connectivity index (χ1) is 6.29. The zero-order valence-electron chi connectivity index (χ0n) is 9.29. The van der Waals surface area contributed by atoms with Gasteiger partial charge in [-0.05, 0) is 6.92 Å². The molecule has 3 heteroatoms. The zero-order valence-corrected chi connectivity index (χ0v) is 9.29. The maximum atomic E-state index is 11.5. The van der Waals surface area contributed by atoms with Crippen LogP contribution in [0.1, 0.15) is 34.1 Å². The monoisotopic (exact) mass is 198 g/mol. The average Bonchev–Trinajstić information content (AvgIpc) is 2.28. The Morgan fingerprint density at radius 1 is 1.57 bits per heavy atom. The SMILES string of the molecule is C=CCC1(C)OC(C(C)(C)C)OC1=O. The summed E-state index contributed by atoms with van der Waals surface area (Å²) in [6.07, 6.45) is 1.70. The largest absolute Gasteiger partial charge is 0.433 e. The van der Waals surface area contributed by atoms with Crippen molar-refractivity contribution < 1.29 is 14.3 Å². The van der Waals surface area contributed by atoms with E-state index in [0.717, 1.165) is 0 Å². The van der Waals surface area contributed by atoms with Crippen molar-refractivity contribution >= 4 is 5.97 Å². The minimum Gasteiger partial charge on any atom is -0.433 e. The predicted molar refractivity (Wildman–Crippen MR) is 53.6 cm³/mol. The lowest BCUT2D eigenvalue weighted by Crippen LogP contribution is -2.33. The molecule has 0 radical (unpaired) electrons. The van der Waals surface area contributed by atoms with E-state index >= 15 is 0 Å². The molecule has 0 aromatic rings. The van der Waals surface area contributed by atoms with Crippen LogP contribution in [0.25, 0.3) is 0 Å². The quantitative estimate of drug-likeness (QED) is 0.504. The third-order valence-corrected chi connectivity index (χ3v) is 2.25. The van der Waals surface area contributed by atoms with Gasteiger partial charge in [-0.3, -0.25) is 0 Å². The van der Waals surface area contributed by atoms with Crippen molar-refractivity contribution in [2.45, 2.75) is 46.0 Å². The van der Waals surface area contributed by atoms with Crippen molar-refractivity contribution in [2.24, 2.45) is 5.41 Å². The highest BCUT2D eigenvalue weighted by molar-refractivity contribution is 5.80. The van der Waals surface area contributed by atoms with Gasteiger partial charge < -0.3 is 9.47 Å². The lowest BCUT2D eigenvalue weighted by Gasteiger charge is -2.25. The standard InChI is InChI=1S/C11H18O3/c1-6-7-11(5)8(12)13-9(14-11)10(2,3)4/h6,9H,1,7H2,2-5H3. The molecule has 0 aromatic heterocycles. The molecule has 1 fully saturated rings. The van der Waals surface area contributed by atoms with Gasteiger partial charge in [0.25, 0.3) is 0 Å². The van der Waals surface area contributed by atoms with Gasteiger partial charge in [-0.2, -0.15) is 0 Å². The number of carbonyl (C=O) groups is 1. The Balaban J connectivity index is 2.78. The number of hydrogen-bond donors (Lipinski definition) is 0. The smallest absolute Gasteiger partial charge is 0.340 e. The molecule has 1 aliphatic rings. The van der Waals surface area contributed by atoms with E-state index in [0.29, 0.717) is 6.42 Å². The highest BCUT2D eigenvalue weighted by Gasteiger charge is 2.49. The van der Waals surface area contributed by atoms with Crippen LogP contribution in [0.15, 0.2) is 12.7 Å². The third kappa shape index (κ3) is 1.98. The van der Waals surface area contributed by atoms with E-state index in [4.69, 9.17) is 9.47 Å². The third-order valence-electron chi connectivity index (χ3n) is 2.25. The fraction of sp³-hybridized carbons (Fsp3) is 0.727. The van der Waals surface area contributed by atoms with E-state index in [1.807, 2.05) is 20.8 Å². The molecule has 0 aliphatic carbocycles. The summed E-state index contributed by atoms with van der Waals surface area (Å²) in [5.74, 6) is -0.294. The number of rotatable bonds is 2. The molecule has 2 atom stereocenters. The first-order valence-corrected chi connectivity index (χ1v) is 4.79. The molecule has 0 saturated carbocycles. The molecule has 80 valence electrons. The molecular formula is C11H18O3. The Morgan fingerprint density at radius 3 is 2.50 bits per heavy atom. The molecule has 0 aromatic carbocycles. The summed E-state index contributed by atoms with van der Waals surface area (Å²) in [5, 5.41) is 0. The first-order valence-electron chi connectivity index (χ1n) is 4.79. The summed E-state index contributed by atoms with van der Waals surface area (Å²) in [6, 6.07) is 0. The molecule has 1 rings (SSSR count). The summed E-state index contributed by atoms with van der Waals surface area (Å²) >= 11 is 0. The second-order valence-electron chi connectivity index (χ2n) is 4.94. The van der Waals surface area contributed by atoms with E-state index in [1.54, 1.807) is 13.0 Å². The van der Waals surface area contributed by atoms with Crippen molar-refractivity contribution in [1.82, 2.24) is 0 Å². The normalized spacial score (nSPS) is 32.9. The molecule has 0 amide bonds. The number of hydrogen-bond acceptors (Lipinski definition) is 3. The molecule has 0 bridgehead atoms. The summed E-state index contributed by atoms with van der Waals surface area (Å²) in [7, 11) is 0. The highest BCUT2D eigenvalue weighted by atomic mass is 16.8. The van der Waals surface area contributed by atoms with Gasteiger partial charge >= 0.3 is 5.97 Å². The first kappa shape index (κ1) is 11.2. The van der Waals surface area contributed by atoms with Crippen LogP contribution < -0.4 is 0 Å². The van der Waals surface area contributed by atoms with Gasteiger partial charge in [0.2, 0.25) is 6.29 Å². The van der Waals surface area contributed by atoms with E-state index in [-0.39, 0.29) is 11.4 Å². The fourth-order valence-electron chi connectivity index (χ4n) is 1.29. The van der Waals surface area contributed by atoms with Crippen molar-refractivity contribution in [1.29, 1.82) is 0 Å². The second kappa shape index (κ2) is 3.39. The van der Waals surface area contributed by atoms with Gasteiger partial charge in [0, 0.05) is 11.8 Å². The van der Waals surface area contributed by atoms with Gasteiger partial charge in [-0.1, -0.05) is 26.8 Å². The van der Waals surface area contributed by atoms with Crippen LogP contribution in [0.4, 0.5) is 0 Å². The number of cyclic esters (lactones) is 1. The van der Waals surface area contributed by atoms with Gasteiger partial charge in [0.1, 0.15) is 0 Å². The lowest BCUT2D eigenvalue weighted by atomic mass is 9.96. The Labute approximate surface area is 85.1 Å². The summed E-state index contributed by atoms with van der Waals surface area (Å²) in [6.45, 7) is 11.3. The summed E-state index contributed by atoms with van der Waals surface area (Å²) < 4.78 is 10.8. The zero-order chi connectivity index (χ0) is 11.0. The summed E-state index contributed by atoms with van der Waals surface area (Å²) in [4.78, 5) is 11.5. The van der Waals surface area contributed by atoms with Crippen LogP contribution >= 0.6 is 0 Å². The highest BCUT2D eigenvalue weighted by Crippen LogP contribution is 2.36. The van der Waals surface area contributed by atoms with Crippen molar-refractivity contribution in [2.75, 3.05) is 0 Å². The molecular weight excluding hydrogens is 180 g/mol. The molecule has 0 N–H and O–H groups in total. The predicted octanol–water partition coefficient (Wildman–Crippen LogP) is 2.27. The topological polar surface area (TPSA) is 35.5 Å². The maximum Gasteiger partial charge on any atom is 0.340 e. The van der Waals surface area contributed by atoms with E-state index < -0.39 is 11.9 Å². The average molecular weight is 198 g/mol. The Morgan fingerprint density at radius 2 is 2.14 bits per heavy atom. The van der Waals surface area contributed by atoms with E-state index in [9.17, 15) is 4.79 Å². The second-order valence-corrected chi connectivity index (χ2v) is 4.94. The van der Waals surface area contributed by atoms with Crippen molar-refractivity contribution in [3.63, 3.8) is 0 Å². The van der Waals surface area contributed by atoms with Crippen LogP contribution in [0.5, 0.6) is 0 Å². The lowest BCUT2D eigenvalue weighted by molar-refractivity contribution is -0.155. The fourth-order valence-corrected chi connectivity index (χ4v) is 1.29. The maximum absolute atomic E-state index is 11.5. The molecule has 1 aliphatic heterocycles. The summed E-state index contributed by atoms with van der Waals surface area (Å²) in [5.41, 5.74) is -1.03. The Bertz CT molecular complexity index is 252. The van der Waals surface area contributed by atoms with Gasteiger partial charge in [0.15, 0.2) is 5.60 Å². The molecule has 2 unspecified atom stereocenters. The molecule has 0 spiro atoms. The van der Waals surface area contributed by atoms with Crippen molar-refractivity contribution in [3.8, 4) is 0 Å². The Hall–Kier alpha value is -0.830. The molecule has 1 saturated heterocycles. The number of esters is 1. The Kier molecular flexibility index (Phi) is 2.72. The van der Waals surface area contributed by atoms with Crippen LogP contribution in [-0.4, -0.2) is 17.9 Å². The van der Waals surface area contributed by atoms with Crippen LogP contribution in [0, 0.1) is 5.41 Å². The van der Waals surface area contributed by atoms with Crippen molar-refractivity contribution in [3.05, 3.63) is 12.7 Å². The molecule has 3 nitrogen and oxygen atoms in total. The minimum absolute atomic E-state index is 0.186. The van der Waals surface area contributed by atoms with Crippen LogP contribution in [0.2, 0.25) is 0 Å². The van der Waals surface area contributed by atoms with E-state index in [1.165, 1.54) is 0 Å². The van der Waals surface area contributed by atoms with Crippen LogP contribution in [0.3, 0.4) is 0 Å². The van der Waals surface area contributed by atoms with Gasteiger partial charge in [0.05, 0.1) is 0 Å². The number of ether oxygens (including phenoxy) is 2. The van der Waals surface area contributed by atoms with Gasteiger partial charge in [-0.25, -0.2) is 4.79 Å².